The monoisotopic (exact) mass is 390 g/mol. The van der Waals surface area contributed by atoms with Gasteiger partial charge in [-0.3, -0.25) is 4.68 Å². The molecule has 0 radical (unpaired) electrons. The van der Waals surface area contributed by atoms with Crippen molar-refractivity contribution in [3.05, 3.63) is 64.5 Å². The number of aliphatic hydroxyl groups is 1. The normalized spacial score (nSPS) is 12.4. The fraction of sp³-hybridized carbons (Fsp3) is 0.263. The molecule has 0 saturated heterocycles. The summed E-state index contributed by atoms with van der Waals surface area (Å²) in [6, 6.07) is 9.24. The van der Waals surface area contributed by atoms with Crippen LogP contribution in [-0.4, -0.2) is 32.5 Å². The average molecular weight is 391 g/mol. The van der Waals surface area contributed by atoms with E-state index in [4.69, 9.17) is 23.2 Å². The molecular formula is C19H20Cl2N4O. The van der Waals surface area contributed by atoms with Gasteiger partial charge in [0.1, 0.15) is 5.82 Å². The quantitative estimate of drug-likeness (QED) is 0.642. The number of nitrogens with one attached hydrogen (secondary N) is 1. The number of aromatic nitrogens is 3. The van der Waals surface area contributed by atoms with E-state index in [-0.39, 0.29) is 18.7 Å². The summed E-state index contributed by atoms with van der Waals surface area (Å²) in [6.45, 7) is 4.00. The molecule has 2 N–H and O–H groups in total. The van der Waals surface area contributed by atoms with Gasteiger partial charge >= 0.3 is 0 Å². The lowest BCUT2D eigenvalue weighted by Crippen LogP contribution is -2.15. The second-order valence-electron chi connectivity index (χ2n) is 6.31. The first-order valence-corrected chi connectivity index (χ1v) is 9.06. The summed E-state index contributed by atoms with van der Waals surface area (Å²) in [5.41, 5.74) is 2.57. The Kier molecular flexibility index (Phi) is 5.81. The molecule has 2 aromatic heterocycles. The smallest absolute Gasteiger partial charge is 0.126 e. The van der Waals surface area contributed by atoms with E-state index >= 15 is 0 Å². The number of aliphatic hydroxyl groups excluding tert-OH is 1. The highest BCUT2D eigenvalue weighted by Gasteiger charge is 2.16. The summed E-state index contributed by atoms with van der Waals surface area (Å²) in [5.74, 6) is 0.751. The zero-order valence-electron chi connectivity index (χ0n) is 14.5. The molecule has 1 atom stereocenters. The fourth-order valence-corrected chi connectivity index (χ4v) is 3.15. The van der Waals surface area contributed by atoms with Gasteiger partial charge in [0, 0.05) is 34.6 Å². The molecule has 0 spiro atoms. The lowest BCUT2D eigenvalue weighted by atomic mass is 10.1. The maximum Gasteiger partial charge on any atom is 0.126 e. The predicted octanol–water partition coefficient (Wildman–Crippen LogP) is 4.65. The van der Waals surface area contributed by atoms with Crippen LogP contribution in [-0.2, 0) is 0 Å². The first kappa shape index (κ1) is 18.7. The van der Waals surface area contributed by atoms with Crippen LogP contribution in [0.15, 0.2) is 48.9 Å². The van der Waals surface area contributed by atoms with Gasteiger partial charge in [-0.15, -0.1) is 0 Å². The van der Waals surface area contributed by atoms with E-state index in [1.807, 2.05) is 44.3 Å². The number of hydrogen-bond donors (Lipinski definition) is 2. The molecule has 5 nitrogen and oxygen atoms in total. The Morgan fingerprint density at radius 3 is 2.69 bits per heavy atom. The van der Waals surface area contributed by atoms with Crippen molar-refractivity contribution >= 4 is 29.0 Å². The molecule has 3 aromatic rings. The molecule has 0 amide bonds. The van der Waals surface area contributed by atoms with E-state index in [9.17, 15) is 5.11 Å². The Balaban J connectivity index is 1.94. The maximum absolute atomic E-state index is 9.85. The van der Waals surface area contributed by atoms with Crippen LogP contribution >= 0.6 is 23.2 Å². The van der Waals surface area contributed by atoms with Crippen molar-refractivity contribution in [2.75, 3.05) is 11.9 Å². The van der Waals surface area contributed by atoms with Crippen molar-refractivity contribution in [3.63, 3.8) is 0 Å². The summed E-state index contributed by atoms with van der Waals surface area (Å²) in [5, 5.41) is 18.7. The van der Waals surface area contributed by atoms with Crippen LogP contribution in [0.3, 0.4) is 0 Å². The van der Waals surface area contributed by atoms with Crippen molar-refractivity contribution in [2.24, 2.45) is 0 Å². The molecule has 2 heterocycles. The van der Waals surface area contributed by atoms with E-state index in [1.54, 1.807) is 23.1 Å². The zero-order chi connectivity index (χ0) is 18.7. The van der Waals surface area contributed by atoms with Gasteiger partial charge in [-0.1, -0.05) is 35.3 Å². The minimum absolute atomic E-state index is 0.0916. The average Bonchev–Trinajstić information content (AvgIpc) is 3.06. The number of rotatable bonds is 6. The number of hydrogen-bond acceptors (Lipinski definition) is 4. The number of anilines is 1. The molecule has 0 aliphatic carbocycles. The fourth-order valence-electron chi connectivity index (χ4n) is 2.74. The van der Waals surface area contributed by atoms with Crippen LogP contribution in [0.5, 0.6) is 0 Å². The van der Waals surface area contributed by atoms with Gasteiger partial charge in [-0.05, 0) is 37.6 Å². The summed E-state index contributed by atoms with van der Waals surface area (Å²) in [7, 11) is 0. The van der Waals surface area contributed by atoms with Gasteiger partial charge in [-0.25, -0.2) is 4.98 Å². The molecule has 0 saturated carbocycles. The number of nitrogens with zero attached hydrogens (tertiary/aromatic N) is 3. The lowest BCUT2D eigenvalue weighted by Gasteiger charge is -2.15. The Labute approximate surface area is 162 Å². The number of halogens is 2. The van der Waals surface area contributed by atoms with Gasteiger partial charge < -0.3 is 10.4 Å². The van der Waals surface area contributed by atoms with E-state index in [2.05, 4.69) is 15.4 Å². The van der Waals surface area contributed by atoms with Crippen LogP contribution in [0, 0.1) is 0 Å². The molecule has 136 valence electrons. The van der Waals surface area contributed by atoms with E-state index in [0.29, 0.717) is 10.0 Å². The van der Waals surface area contributed by atoms with E-state index in [0.717, 1.165) is 22.5 Å². The van der Waals surface area contributed by atoms with Crippen LogP contribution < -0.4 is 5.32 Å². The summed E-state index contributed by atoms with van der Waals surface area (Å²) in [6.07, 6.45) is 5.22. The van der Waals surface area contributed by atoms with Crippen molar-refractivity contribution in [1.82, 2.24) is 14.8 Å². The second-order valence-corrected chi connectivity index (χ2v) is 7.15. The molecule has 7 heteroatoms. The molecule has 0 bridgehead atoms. The molecule has 3 rings (SSSR count). The number of pyridine rings is 1. The second kappa shape index (κ2) is 8.08. The third-order valence-electron chi connectivity index (χ3n) is 3.93. The Hall–Kier alpha value is -2.08. The SMILES string of the molecule is CC(C)Nc1cc(-c2cnn(C(CO)c3cccc(Cl)c3)c2)c(Cl)cn1. The minimum atomic E-state index is -0.323. The summed E-state index contributed by atoms with van der Waals surface area (Å²) < 4.78 is 1.72. The van der Waals surface area contributed by atoms with Crippen LogP contribution in [0.4, 0.5) is 5.82 Å². The third-order valence-corrected chi connectivity index (χ3v) is 4.47. The molecule has 26 heavy (non-hydrogen) atoms. The largest absolute Gasteiger partial charge is 0.394 e. The number of benzene rings is 1. The van der Waals surface area contributed by atoms with Crippen LogP contribution in [0.25, 0.3) is 11.1 Å². The van der Waals surface area contributed by atoms with Gasteiger partial charge in [0.15, 0.2) is 0 Å². The van der Waals surface area contributed by atoms with Crippen molar-refractivity contribution in [2.45, 2.75) is 25.9 Å². The molecule has 0 aliphatic heterocycles. The molecule has 1 aromatic carbocycles. The highest BCUT2D eigenvalue weighted by molar-refractivity contribution is 6.33. The van der Waals surface area contributed by atoms with Gasteiger partial charge in [0.05, 0.1) is 23.9 Å². The minimum Gasteiger partial charge on any atom is -0.394 e. The van der Waals surface area contributed by atoms with E-state index < -0.39 is 0 Å². The molecule has 0 fully saturated rings. The van der Waals surface area contributed by atoms with Gasteiger partial charge in [0.2, 0.25) is 0 Å². The maximum atomic E-state index is 9.85. The Morgan fingerprint density at radius 2 is 2.00 bits per heavy atom. The van der Waals surface area contributed by atoms with Gasteiger partial charge in [-0.2, -0.15) is 5.10 Å². The zero-order valence-corrected chi connectivity index (χ0v) is 16.0. The summed E-state index contributed by atoms with van der Waals surface area (Å²) in [4.78, 5) is 4.30. The van der Waals surface area contributed by atoms with Crippen LogP contribution in [0.2, 0.25) is 10.0 Å². The van der Waals surface area contributed by atoms with E-state index in [1.165, 1.54) is 0 Å². The predicted molar refractivity (Wildman–Crippen MR) is 106 cm³/mol. The first-order valence-electron chi connectivity index (χ1n) is 8.31. The first-order chi connectivity index (χ1) is 12.5. The molecule has 1 unspecified atom stereocenters. The van der Waals surface area contributed by atoms with Gasteiger partial charge in [0.25, 0.3) is 0 Å². The highest BCUT2D eigenvalue weighted by atomic mass is 35.5. The highest BCUT2D eigenvalue weighted by Crippen LogP contribution is 2.30. The molecular weight excluding hydrogens is 371 g/mol. The van der Waals surface area contributed by atoms with Crippen LogP contribution in [0.1, 0.15) is 25.5 Å². The molecule has 0 aliphatic rings. The topological polar surface area (TPSA) is 63.0 Å². The summed E-state index contributed by atoms with van der Waals surface area (Å²) >= 11 is 12.4. The standard InChI is InChI=1S/C19H20Cl2N4O/c1-12(2)24-19-7-16(17(21)9-22-19)14-8-23-25(10-14)18(11-26)13-4-3-5-15(20)6-13/h3-10,12,18,26H,11H2,1-2H3,(H,22,24). The Morgan fingerprint density at radius 1 is 1.19 bits per heavy atom. The van der Waals surface area contributed by atoms with Crippen molar-refractivity contribution in [1.29, 1.82) is 0 Å². The third kappa shape index (κ3) is 4.18. The Bertz CT molecular complexity index is 895. The van der Waals surface area contributed by atoms with Crippen molar-refractivity contribution in [3.8, 4) is 11.1 Å². The van der Waals surface area contributed by atoms with Crippen molar-refractivity contribution < 1.29 is 5.11 Å². The lowest BCUT2D eigenvalue weighted by molar-refractivity contribution is 0.241.